The van der Waals surface area contributed by atoms with Crippen LogP contribution in [-0.2, 0) is 21.4 Å². The van der Waals surface area contributed by atoms with Crippen molar-refractivity contribution < 1.29 is 17.6 Å². The summed E-state index contributed by atoms with van der Waals surface area (Å²) in [6.07, 6.45) is 1.02. The third kappa shape index (κ3) is 5.52. The van der Waals surface area contributed by atoms with Gasteiger partial charge in [0.05, 0.1) is 23.5 Å². The van der Waals surface area contributed by atoms with Crippen molar-refractivity contribution in [2.75, 3.05) is 18.1 Å². The fraction of sp³-hybridized carbons (Fsp3) is 0.278. The minimum atomic E-state index is -3.64. The quantitative estimate of drug-likeness (QED) is 0.809. The third-order valence-electron chi connectivity index (χ3n) is 3.76. The van der Waals surface area contributed by atoms with Gasteiger partial charge >= 0.3 is 0 Å². The Morgan fingerprint density at radius 1 is 1.19 bits per heavy atom. The number of nitrogens with zero attached hydrogens (tertiary/aromatic N) is 1. The Hall–Kier alpha value is -1.96. The van der Waals surface area contributed by atoms with Gasteiger partial charge in [0.15, 0.2) is 0 Å². The van der Waals surface area contributed by atoms with Crippen LogP contribution in [0, 0.1) is 19.7 Å². The van der Waals surface area contributed by atoms with Crippen molar-refractivity contribution in [3.05, 3.63) is 63.9 Å². The number of halogens is 2. The minimum absolute atomic E-state index is 0.0346. The first-order valence-corrected chi connectivity index (χ1v) is 10.0. The standard InChI is InChI=1S/C18H20ClFN2O3S/c1-12-8-13(2)18(16(19)9-12)21-17(23)11-22(26(3,24)25)10-14-4-6-15(20)7-5-14/h4-9H,10-11H2,1-3H3,(H,21,23). The Morgan fingerprint density at radius 3 is 2.35 bits per heavy atom. The number of anilines is 1. The number of aryl methyl sites for hydroxylation is 2. The number of nitrogens with one attached hydrogen (secondary N) is 1. The van der Waals surface area contributed by atoms with Gasteiger partial charge in [-0.3, -0.25) is 4.79 Å². The van der Waals surface area contributed by atoms with Crippen molar-refractivity contribution in [1.29, 1.82) is 0 Å². The van der Waals surface area contributed by atoms with Gasteiger partial charge in [0.2, 0.25) is 15.9 Å². The van der Waals surface area contributed by atoms with Crippen molar-refractivity contribution in [1.82, 2.24) is 4.31 Å². The van der Waals surface area contributed by atoms with E-state index in [4.69, 9.17) is 11.6 Å². The van der Waals surface area contributed by atoms with E-state index < -0.39 is 21.7 Å². The van der Waals surface area contributed by atoms with Crippen molar-refractivity contribution >= 4 is 33.2 Å². The van der Waals surface area contributed by atoms with E-state index in [1.54, 1.807) is 13.0 Å². The molecule has 1 amide bonds. The zero-order valence-corrected chi connectivity index (χ0v) is 16.3. The molecule has 0 saturated carbocycles. The molecule has 0 saturated heterocycles. The molecule has 8 heteroatoms. The van der Waals surface area contributed by atoms with E-state index in [2.05, 4.69) is 5.32 Å². The molecular weight excluding hydrogens is 379 g/mol. The molecule has 26 heavy (non-hydrogen) atoms. The molecule has 2 aromatic carbocycles. The first-order chi connectivity index (χ1) is 12.1. The van der Waals surface area contributed by atoms with Gasteiger partial charge < -0.3 is 5.32 Å². The molecule has 0 radical (unpaired) electrons. The van der Waals surface area contributed by atoms with Crippen LogP contribution >= 0.6 is 11.6 Å². The highest BCUT2D eigenvalue weighted by Gasteiger charge is 2.21. The fourth-order valence-corrected chi connectivity index (χ4v) is 3.60. The molecule has 140 valence electrons. The minimum Gasteiger partial charge on any atom is -0.323 e. The summed E-state index contributed by atoms with van der Waals surface area (Å²) in [4.78, 5) is 12.4. The van der Waals surface area contributed by atoms with Crippen LogP contribution < -0.4 is 5.32 Å². The van der Waals surface area contributed by atoms with E-state index in [-0.39, 0.29) is 13.1 Å². The number of benzene rings is 2. The summed E-state index contributed by atoms with van der Waals surface area (Å²) < 4.78 is 38.1. The summed E-state index contributed by atoms with van der Waals surface area (Å²) in [5.41, 5.74) is 2.78. The van der Waals surface area contributed by atoms with Crippen LogP contribution in [0.3, 0.4) is 0 Å². The number of amides is 1. The number of rotatable bonds is 6. The molecule has 0 aliphatic carbocycles. The smallest absolute Gasteiger partial charge is 0.239 e. The van der Waals surface area contributed by atoms with Gasteiger partial charge in [0.1, 0.15) is 5.82 Å². The van der Waals surface area contributed by atoms with Crippen molar-refractivity contribution in [2.45, 2.75) is 20.4 Å². The first kappa shape index (κ1) is 20.4. The van der Waals surface area contributed by atoms with Crippen LogP contribution in [0.25, 0.3) is 0 Å². The summed E-state index contributed by atoms with van der Waals surface area (Å²) in [5.74, 6) is -0.923. The largest absolute Gasteiger partial charge is 0.323 e. The maximum atomic E-state index is 13.0. The molecule has 0 aromatic heterocycles. The Balaban J connectivity index is 2.16. The topological polar surface area (TPSA) is 66.5 Å². The predicted molar refractivity (Wildman–Crippen MR) is 101 cm³/mol. The maximum absolute atomic E-state index is 13.0. The van der Waals surface area contributed by atoms with Crippen LogP contribution in [-0.4, -0.2) is 31.4 Å². The number of hydrogen-bond donors (Lipinski definition) is 1. The van der Waals surface area contributed by atoms with Crippen LogP contribution in [0.2, 0.25) is 5.02 Å². The molecule has 1 N–H and O–H groups in total. The van der Waals surface area contributed by atoms with Gasteiger partial charge in [-0.2, -0.15) is 4.31 Å². The van der Waals surface area contributed by atoms with Crippen LogP contribution in [0.4, 0.5) is 10.1 Å². The van der Waals surface area contributed by atoms with Crippen LogP contribution in [0.15, 0.2) is 36.4 Å². The SMILES string of the molecule is Cc1cc(C)c(NC(=O)CN(Cc2ccc(F)cc2)S(C)(=O)=O)c(Cl)c1. The lowest BCUT2D eigenvalue weighted by Crippen LogP contribution is -2.37. The monoisotopic (exact) mass is 398 g/mol. The first-order valence-electron chi connectivity index (χ1n) is 7.82. The maximum Gasteiger partial charge on any atom is 0.239 e. The van der Waals surface area contributed by atoms with Crippen molar-refractivity contribution in [3.63, 3.8) is 0 Å². The zero-order chi connectivity index (χ0) is 19.5. The summed E-state index contributed by atoms with van der Waals surface area (Å²) in [6, 6.07) is 9.03. The van der Waals surface area contributed by atoms with Gasteiger partial charge in [0, 0.05) is 6.54 Å². The van der Waals surface area contributed by atoms with Gasteiger partial charge in [-0.05, 0) is 48.7 Å². The Labute approximate surface area is 157 Å². The molecule has 0 bridgehead atoms. The molecule has 0 spiro atoms. The predicted octanol–water partition coefficient (Wildman–Crippen LogP) is 3.50. The second kappa shape index (κ2) is 8.16. The van der Waals surface area contributed by atoms with E-state index in [9.17, 15) is 17.6 Å². The zero-order valence-electron chi connectivity index (χ0n) is 14.7. The van der Waals surface area contributed by atoms with E-state index in [0.717, 1.165) is 21.7 Å². The second-order valence-electron chi connectivity index (χ2n) is 6.14. The molecule has 2 rings (SSSR count). The summed E-state index contributed by atoms with van der Waals surface area (Å²) in [6.45, 7) is 3.28. The van der Waals surface area contributed by atoms with Gasteiger partial charge in [-0.25, -0.2) is 12.8 Å². The van der Waals surface area contributed by atoms with E-state index >= 15 is 0 Å². The van der Waals surface area contributed by atoms with Crippen molar-refractivity contribution in [3.8, 4) is 0 Å². The molecule has 2 aromatic rings. The van der Waals surface area contributed by atoms with Crippen molar-refractivity contribution in [2.24, 2.45) is 0 Å². The Morgan fingerprint density at radius 2 is 1.81 bits per heavy atom. The number of sulfonamides is 1. The van der Waals surface area contributed by atoms with Gasteiger partial charge in [0.25, 0.3) is 0 Å². The van der Waals surface area contributed by atoms with Crippen LogP contribution in [0.1, 0.15) is 16.7 Å². The molecule has 0 aliphatic heterocycles. The highest BCUT2D eigenvalue weighted by molar-refractivity contribution is 7.88. The normalized spacial score (nSPS) is 11.6. The molecule has 0 atom stereocenters. The summed E-state index contributed by atoms with van der Waals surface area (Å²) >= 11 is 6.17. The second-order valence-corrected chi connectivity index (χ2v) is 8.53. The highest BCUT2D eigenvalue weighted by atomic mass is 35.5. The average molecular weight is 399 g/mol. The van der Waals surface area contributed by atoms with E-state index in [1.807, 2.05) is 13.0 Å². The van der Waals surface area contributed by atoms with E-state index in [1.165, 1.54) is 24.3 Å². The number of hydrogen-bond acceptors (Lipinski definition) is 3. The van der Waals surface area contributed by atoms with Crippen LogP contribution in [0.5, 0.6) is 0 Å². The molecule has 0 heterocycles. The average Bonchev–Trinajstić information content (AvgIpc) is 2.51. The molecule has 5 nitrogen and oxygen atoms in total. The molecule has 0 unspecified atom stereocenters. The Bertz CT molecular complexity index is 892. The Kier molecular flexibility index (Phi) is 6.39. The molecule has 0 fully saturated rings. The highest BCUT2D eigenvalue weighted by Crippen LogP contribution is 2.27. The lowest BCUT2D eigenvalue weighted by atomic mass is 10.1. The third-order valence-corrected chi connectivity index (χ3v) is 5.25. The molecular formula is C18H20ClFN2O3S. The van der Waals surface area contributed by atoms with Gasteiger partial charge in [-0.15, -0.1) is 0 Å². The number of carbonyl (C=O) groups excluding carboxylic acids is 1. The summed E-state index contributed by atoms with van der Waals surface area (Å²) in [7, 11) is -3.64. The summed E-state index contributed by atoms with van der Waals surface area (Å²) in [5, 5.41) is 3.06. The lowest BCUT2D eigenvalue weighted by Gasteiger charge is -2.20. The molecule has 0 aliphatic rings. The number of carbonyl (C=O) groups is 1. The van der Waals surface area contributed by atoms with E-state index in [0.29, 0.717) is 16.3 Å². The van der Waals surface area contributed by atoms with Gasteiger partial charge in [-0.1, -0.05) is 29.8 Å². The fourth-order valence-electron chi connectivity index (χ4n) is 2.50. The lowest BCUT2D eigenvalue weighted by molar-refractivity contribution is -0.116.